The molecule has 1 nitrogen and oxygen atoms in total. The zero-order chi connectivity index (χ0) is 12.3. The Morgan fingerprint density at radius 3 is 2.38 bits per heavy atom. The van der Waals surface area contributed by atoms with Gasteiger partial charge in [-0.3, -0.25) is 0 Å². The molecule has 1 N–H and O–H groups in total. The molecule has 1 heteroatoms. The fraction of sp³-hybridized carbons (Fsp3) is 0.867. The van der Waals surface area contributed by atoms with Crippen molar-refractivity contribution in [3.05, 3.63) is 12.2 Å². The quantitative estimate of drug-likeness (QED) is 0.718. The lowest BCUT2D eigenvalue weighted by Gasteiger charge is -2.47. The Labute approximate surface area is 101 Å². The fourth-order valence-electron chi connectivity index (χ4n) is 3.42. The molecule has 16 heavy (non-hydrogen) atoms. The minimum absolute atomic E-state index is 0.271. The lowest BCUT2D eigenvalue weighted by molar-refractivity contribution is -0.105. The molecule has 1 saturated carbocycles. The second-order valence-corrected chi connectivity index (χ2v) is 6.04. The van der Waals surface area contributed by atoms with Crippen molar-refractivity contribution < 1.29 is 5.11 Å². The second-order valence-electron chi connectivity index (χ2n) is 6.04. The first-order valence-electron chi connectivity index (χ1n) is 6.77. The van der Waals surface area contributed by atoms with Gasteiger partial charge in [0.25, 0.3) is 0 Å². The summed E-state index contributed by atoms with van der Waals surface area (Å²) in [6.07, 6.45) is 7.64. The van der Waals surface area contributed by atoms with Crippen LogP contribution in [0, 0.1) is 23.7 Å². The highest BCUT2D eigenvalue weighted by Gasteiger charge is 2.45. The van der Waals surface area contributed by atoms with E-state index < -0.39 is 5.60 Å². The number of aliphatic hydroxyl groups is 1. The smallest absolute Gasteiger partial charge is 0.0740 e. The maximum absolute atomic E-state index is 11.0. The lowest BCUT2D eigenvalue weighted by atomic mass is 9.62. The molecule has 0 heterocycles. The van der Waals surface area contributed by atoms with E-state index in [1.807, 2.05) is 6.92 Å². The van der Waals surface area contributed by atoms with E-state index in [0.717, 1.165) is 6.42 Å². The molecule has 0 bridgehead atoms. The molecular weight excluding hydrogens is 196 g/mol. The lowest BCUT2D eigenvalue weighted by Crippen LogP contribution is -2.49. The third-order valence-corrected chi connectivity index (χ3v) is 4.36. The summed E-state index contributed by atoms with van der Waals surface area (Å²) in [5.74, 6) is 1.96. The standard InChI is InChI=1S/C15H28O/c1-6-7-13(5)15(16)10-12(4)8-9-14(15)11(2)3/h6-7,11-14,16H,8-10H2,1-5H3/b7-6+/t12-,13-,14+,15+/m1/s1. The maximum Gasteiger partial charge on any atom is 0.0740 e. The highest BCUT2D eigenvalue weighted by molar-refractivity contribution is 5.03. The average Bonchev–Trinajstić information content (AvgIpc) is 2.17. The van der Waals surface area contributed by atoms with Crippen molar-refractivity contribution in [2.75, 3.05) is 0 Å². The molecule has 0 aliphatic heterocycles. The first-order chi connectivity index (χ1) is 7.41. The monoisotopic (exact) mass is 224 g/mol. The van der Waals surface area contributed by atoms with Crippen LogP contribution in [0.4, 0.5) is 0 Å². The van der Waals surface area contributed by atoms with Crippen LogP contribution < -0.4 is 0 Å². The summed E-state index contributed by atoms with van der Waals surface area (Å²) in [7, 11) is 0. The van der Waals surface area contributed by atoms with E-state index in [1.54, 1.807) is 0 Å². The van der Waals surface area contributed by atoms with Crippen LogP contribution in [0.2, 0.25) is 0 Å². The maximum atomic E-state index is 11.0. The molecule has 4 atom stereocenters. The van der Waals surface area contributed by atoms with Gasteiger partial charge in [-0.15, -0.1) is 0 Å². The molecule has 0 aromatic rings. The second kappa shape index (κ2) is 5.35. The van der Waals surface area contributed by atoms with Crippen molar-refractivity contribution >= 4 is 0 Å². The largest absolute Gasteiger partial charge is 0.389 e. The van der Waals surface area contributed by atoms with Crippen LogP contribution in [-0.4, -0.2) is 10.7 Å². The van der Waals surface area contributed by atoms with E-state index in [4.69, 9.17) is 0 Å². The SMILES string of the molecule is C/C=C/[C@@H](C)[C@@]1(O)C[C@H](C)CC[C@H]1C(C)C. The van der Waals surface area contributed by atoms with Gasteiger partial charge < -0.3 is 5.11 Å². The van der Waals surface area contributed by atoms with Crippen LogP contribution in [-0.2, 0) is 0 Å². The van der Waals surface area contributed by atoms with E-state index in [1.165, 1.54) is 12.8 Å². The van der Waals surface area contributed by atoms with Crippen LogP contribution in [0.25, 0.3) is 0 Å². The van der Waals surface area contributed by atoms with Gasteiger partial charge in [0.2, 0.25) is 0 Å². The molecule has 0 amide bonds. The summed E-state index contributed by atoms with van der Waals surface area (Å²) < 4.78 is 0. The van der Waals surface area contributed by atoms with Crippen molar-refractivity contribution in [1.82, 2.24) is 0 Å². The van der Waals surface area contributed by atoms with Gasteiger partial charge in [0, 0.05) is 5.92 Å². The van der Waals surface area contributed by atoms with Crippen LogP contribution in [0.15, 0.2) is 12.2 Å². The molecule has 0 spiro atoms. The molecule has 1 rings (SSSR count). The van der Waals surface area contributed by atoms with Crippen LogP contribution in [0.1, 0.15) is 53.9 Å². The summed E-state index contributed by atoms with van der Waals surface area (Å²) in [5, 5.41) is 11.0. The highest BCUT2D eigenvalue weighted by atomic mass is 16.3. The normalized spacial score (nSPS) is 38.2. The molecule has 1 aliphatic rings. The number of rotatable bonds is 3. The molecule has 0 aromatic heterocycles. The molecule has 0 unspecified atom stereocenters. The average molecular weight is 224 g/mol. The Hall–Kier alpha value is -0.300. The molecular formula is C15H28O. The van der Waals surface area contributed by atoms with E-state index in [-0.39, 0.29) is 5.92 Å². The fourth-order valence-corrected chi connectivity index (χ4v) is 3.42. The van der Waals surface area contributed by atoms with Gasteiger partial charge in [-0.2, -0.15) is 0 Å². The Bertz CT molecular complexity index is 244. The third-order valence-electron chi connectivity index (χ3n) is 4.36. The number of hydrogen-bond acceptors (Lipinski definition) is 1. The first kappa shape index (κ1) is 13.8. The summed E-state index contributed by atoms with van der Waals surface area (Å²) in [6.45, 7) is 11.0. The van der Waals surface area contributed by atoms with E-state index >= 15 is 0 Å². The molecule has 0 saturated heterocycles. The van der Waals surface area contributed by atoms with Gasteiger partial charge in [0.15, 0.2) is 0 Å². The molecule has 1 aliphatic carbocycles. The van der Waals surface area contributed by atoms with Gasteiger partial charge in [-0.25, -0.2) is 0 Å². The Kier molecular flexibility index (Phi) is 4.61. The summed E-state index contributed by atoms with van der Waals surface area (Å²) in [5.41, 5.74) is -0.488. The van der Waals surface area contributed by atoms with Gasteiger partial charge in [-0.05, 0) is 37.5 Å². The van der Waals surface area contributed by atoms with E-state index in [2.05, 4.69) is 39.8 Å². The Morgan fingerprint density at radius 1 is 1.25 bits per heavy atom. The van der Waals surface area contributed by atoms with E-state index in [0.29, 0.717) is 17.8 Å². The first-order valence-corrected chi connectivity index (χ1v) is 6.77. The predicted octanol–water partition coefficient (Wildman–Crippen LogP) is 4.02. The zero-order valence-corrected chi connectivity index (χ0v) is 11.5. The summed E-state index contributed by atoms with van der Waals surface area (Å²) >= 11 is 0. The molecule has 94 valence electrons. The predicted molar refractivity (Wildman–Crippen MR) is 70.3 cm³/mol. The Morgan fingerprint density at radius 2 is 1.88 bits per heavy atom. The van der Waals surface area contributed by atoms with Crippen molar-refractivity contribution in [2.45, 2.75) is 59.5 Å². The molecule has 0 radical (unpaired) electrons. The highest BCUT2D eigenvalue weighted by Crippen LogP contribution is 2.45. The van der Waals surface area contributed by atoms with Crippen molar-refractivity contribution in [3.8, 4) is 0 Å². The summed E-state index contributed by atoms with van der Waals surface area (Å²) in [6, 6.07) is 0. The number of allylic oxidation sites excluding steroid dienone is 1. The van der Waals surface area contributed by atoms with Gasteiger partial charge in [0.1, 0.15) is 0 Å². The minimum Gasteiger partial charge on any atom is -0.389 e. The van der Waals surface area contributed by atoms with Crippen molar-refractivity contribution in [3.63, 3.8) is 0 Å². The molecule has 1 fully saturated rings. The van der Waals surface area contributed by atoms with Crippen molar-refractivity contribution in [2.24, 2.45) is 23.7 Å². The van der Waals surface area contributed by atoms with Crippen LogP contribution >= 0.6 is 0 Å². The van der Waals surface area contributed by atoms with Gasteiger partial charge >= 0.3 is 0 Å². The summed E-state index contributed by atoms with van der Waals surface area (Å²) in [4.78, 5) is 0. The topological polar surface area (TPSA) is 20.2 Å². The third kappa shape index (κ3) is 2.68. The van der Waals surface area contributed by atoms with Gasteiger partial charge in [-0.1, -0.05) is 46.3 Å². The van der Waals surface area contributed by atoms with E-state index in [9.17, 15) is 5.11 Å². The van der Waals surface area contributed by atoms with Crippen LogP contribution in [0.5, 0.6) is 0 Å². The zero-order valence-electron chi connectivity index (χ0n) is 11.5. The van der Waals surface area contributed by atoms with Gasteiger partial charge in [0.05, 0.1) is 5.60 Å². The minimum atomic E-state index is -0.488. The molecule has 0 aromatic carbocycles. The Balaban J connectivity index is 2.91. The van der Waals surface area contributed by atoms with Crippen LogP contribution in [0.3, 0.4) is 0 Å². The van der Waals surface area contributed by atoms with Crippen molar-refractivity contribution in [1.29, 1.82) is 0 Å². The number of hydrogen-bond donors (Lipinski definition) is 1.